The van der Waals surface area contributed by atoms with Crippen molar-refractivity contribution in [2.75, 3.05) is 11.4 Å². The summed E-state index contributed by atoms with van der Waals surface area (Å²) in [6.07, 6.45) is 6.78. The average Bonchev–Trinajstić information content (AvgIpc) is 3.18. The van der Waals surface area contributed by atoms with Gasteiger partial charge in [0.25, 0.3) is 0 Å². The van der Waals surface area contributed by atoms with E-state index < -0.39 is 0 Å². The van der Waals surface area contributed by atoms with E-state index in [1.54, 1.807) is 0 Å². The minimum Gasteiger partial charge on any atom is -1.00 e. The molecule has 5 heteroatoms. The summed E-state index contributed by atoms with van der Waals surface area (Å²) < 4.78 is 5.37. The molecule has 1 aliphatic heterocycles. The summed E-state index contributed by atoms with van der Waals surface area (Å²) in [5, 5.41) is 1.31. The maximum atomic E-state index is 2.44. The summed E-state index contributed by atoms with van der Waals surface area (Å²) in [6, 6.07) is 17.4. The van der Waals surface area contributed by atoms with Gasteiger partial charge < -0.3 is 24.0 Å². The Labute approximate surface area is 182 Å². The number of rotatable bonds is 4. The van der Waals surface area contributed by atoms with Gasteiger partial charge in [-0.3, -0.25) is 0 Å². The molecular weight excluding hydrogens is 518 g/mol. The SMILES string of the molecule is CCN1/C(=C\C=C\c2[se]c3ccccc3[n+]2CC)Sc2ccccc21.[I-]. The van der Waals surface area contributed by atoms with Gasteiger partial charge in [0.15, 0.2) is 0 Å². The molecule has 0 bridgehead atoms. The molecule has 1 aromatic heterocycles. The van der Waals surface area contributed by atoms with Crippen LogP contribution in [-0.2, 0) is 6.54 Å². The van der Waals surface area contributed by atoms with Crippen LogP contribution in [0.5, 0.6) is 0 Å². The van der Waals surface area contributed by atoms with E-state index in [0.717, 1.165) is 13.1 Å². The van der Waals surface area contributed by atoms with Gasteiger partial charge in [0.05, 0.1) is 0 Å². The third-order valence-corrected chi connectivity index (χ3v) is 7.89. The number of hydrogen-bond donors (Lipinski definition) is 0. The molecule has 0 atom stereocenters. The van der Waals surface area contributed by atoms with Crippen molar-refractivity contribution >= 4 is 47.8 Å². The number of aromatic nitrogens is 1. The molecule has 3 aromatic rings. The van der Waals surface area contributed by atoms with Crippen LogP contribution < -0.4 is 33.4 Å². The van der Waals surface area contributed by atoms with Crippen LogP contribution in [0.1, 0.15) is 18.4 Å². The van der Waals surface area contributed by atoms with Crippen LogP contribution in [-0.4, -0.2) is 21.0 Å². The van der Waals surface area contributed by atoms with E-state index in [9.17, 15) is 0 Å². The van der Waals surface area contributed by atoms with Crippen molar-refractivity contribution in [2.24, 2.45) is 0 Å². The summed E-state index contributed by atoms with van der Waals surface area (Å²) in [5.41, 5.74) is 2.71. The molecule has 0 saturated carbocycles. The zero-order valence-corrected chi connectivity index (χ0v) is 19.5. The zero-order chi connectivity index (χ0) is 17.2. The van der Waals surface area contributed by atoms with Crippen LogP contribution in [0.25, 0.3) is 15.9 Å². The third kappa shape index (κ3) is 3.68. The second-order valence-corrected chi connectivity index (χ2v) is 9.12. The zero-order valence-electron chi connectivity index (χ0n) is 14.9. The Morgan fingerprint density at radius 2 is 1.85 bits per heavy atom. The molecule has 0 spiro atoms. The van der Waals surface area contributed by atoms with Crippen LogP contribution in [0.2, 0.25) is 0 Å². The van der Waals surface area contributed by atoms with E-state index in [0.29, 0.717) is 14.5 Å². The van der Waals surface area contributed by atoms with Gasteiger partial charge in [-0.1, -0.05) is 0 Å². The van der Waals surface area contributed by atoms with Crippen LogP contribution in [0.15, 0.2) is 70.6 Å². The largest absolute Gasteiger partial charge is 1.00 e. The molecule has 0 saturated heterocycles. The number of para-hydroxylation sites is 2. The van der Waals surface area contributed by atoms with Gasteiger partial charge in [0, 0.05) is 0 Å². The molecule has 2 aromatic carbocycles. The second-order valence-electron chi connectivity index (χ2n) is 5.83. The predicted octanol–water partition coefficient (Wildman–Crippen LogP) is 1.69. The number of hydrogen-bond acceptors (Lipinski definition) is 2. The Bertz CT molecular complexity index is 977. The minimum absolute atomic E-state index is 0. The van der Waals surface area contributed by atoms with Crippen molar-refractivity contribution in [3.63, 3.8) is 0 Å². The molecule has 4 rings (SSSR count). The fourth-order valence-electron chi connectivity index (χ4n) is 3.22. The van der Waals surface area contributed by atoms with E-state index in [1.165, 1.54) is 30.0 Å². The van der Waals surface area contributed by atoms with E-state index in [4.69, 9.17) is 0 Å². The molecule has 0 amide bonds. The Balaban J connectivity index is 0.00000196. The molecule has 0 N–H and O–H groups in total. The van der Waals surface area contributed by atoms with Crippen LogP contribution >= 0.6 is 11.8 Å². The number of benzene rings is 2. The normalized spacial score (nSPS) is 15.0. The van der Waals surface area contributed by atoms with Crippen molar-refractivity contribution in [1.29, 1.82) is 0 Å². The summed E-state index contributed by atoms with van der Waals surface area (Å²) >= 11 is 2.26. The van der Waals surface area contributed by atoms with Crippen molar-refractivity contribution in [1.82, 2.24) is 0 Å². The number of nitrogens with zero attached hydrogens (tertiary/aromatic N) is 2. The molecule has 0 radical (unpaired) electrons. The van der Waals surface area contributed by atoms with Crippen molar-refractivity contribution < 1.29 is 28.5 Å². The number of halogens is 1. The van der Waals surface area contributed by atoms with Crippen molar-refractivity contribution in [2.45, 2.75) is 25.3 Å². The Morgan fingerprint density at radius 3 is 2.65 bits per heavy atom. The Morgan fingerprint density at radius 1 is 1.08 bits per heavy atom. The quantitative estimate of drug-likeness (QED) is 0.283. The summed E-state index contributed by atoms with van der Waals surface area (Å²) in [5.74, 6) is 0. The number of aryl methyl sites for hydroxylation is 1. The number of thioether (sulfide) groups is 1. The van der Waals surface area contributed by atoms with Gasteiger partial charge in [0.2, 0.25) is 0 Å². The van der Waals surface area contributed by atoms with Gasteiger partial charge in [0.1, 0.15) is 0 Å². The molecular formula is C21H21IN2SSe. The molecule has 1 aliphatic rings. The van der Waals surface area contributed by atoms with E-state index in [2.05, 4.69) is 90.1 Å². The summed E-state index contributed by atoms with van der Waals surface area (Å²) in [7, 11) is 0. The van der Waals surface area contributed by atoms with Gasteiger partial charge >= 0.3 is 159 Å². The first-order valence-corrected chi connectivity index (χ1v) is 11.2. The minimum atomic E-state index is 0. The monoisotopic (exact) mass is 540 g/mol. The molecule has 0 aliphatic carbocycles. The second kappa shape index (κ2) is 8.79. The standard InChI is InChI=1S/C21H21N2SSe.HI/c1-3-22-16-10-5-7-12-18(16)24-20(22)14-9-15-21-23(4-2)17-11-6-8-13-19(17)25-21;/h5-15H,3-4H2,1-2H3;1H/q+1;/p-1. The summed E-state index contributed by atoms with van der Waals surface area (Å²) in [4.78, 5) is 3.74. The first-order chi connectivity index (χ1) is 12.3. The fourth-order valence-corrected chi connectivity index (χ4v) is 6.75. The number of anilines is 1. The fraction of sp³-hybridized carbons (Fsp3) is 0.190. The first-order valence-electron chi connectivity index (χ1n) is 8.66. The van der Waals surface area contributed by atoms with Gasteiger partial charge in [-0.2, -0.15) is 0 Å². The first kappa shape index (κ1) is 19.7. The molecule has 0 unspecified atom stereocenters. The van der Waals surface area contributed by atoms with E-state index in [-0.39, 0.29) is 24.0 Å². The van der Waals surface area contributed by atoms with Gasteiger partial charge in [-0.05, 0) is 0 Å². The Hall–Kier alpha value is -1.01. The van der Waals surface area contributed by atoms with Crippen molar-refractivity contribution in [3.05, 3.63) is 70.3 Å². The Kier molecular flexibility index (Phi) is 6.67. The number of fused-ring (bicyclic) bond motifs is 2. The van der Waals surface area contributed by atoms with Crippen LogP contribution in [0.4, 0.5) is 5.69 Å². The maximum absolute atomic E-state index is 2.44. The average molecular weight is 539 g/mol. The van der Waals surface area contributed by atoms with E-state index >= 15 is 0 Å². The van der Waals surface area contributed by atoms with Crippen LogP contribution in [0, 0.1) is 0 Å². The molecule has 134 valence electrons. The maximum Gasteiger partial charge on any atom is -1.00 e. The van der Waals surface area contributed by atoms with Crippen LogP contribution in [0.3, 0.4) is 0 Å². The molecule has 26 heavy (non-hydrogen) atoms. The van der Waals surface area contributed by atoms with E-state index in [1.807, 2.05) is 11.8 Å². The van der Waals surface area contributed by atoms with Gasteiger partial charge in [-0.15, -0.1) is 0 Å². The third-order valence-electron chi connectivity index (χ3n) is 4.38. The predicted molar refractivity (Wildman–Crippen MR) is 109 cm³/mol. The summed E-state index contributed by atoms with van der Waals surface area (Å²) in [6.45, 7) is 6.46. The molecule has 2 heterocycles. The topological polar surface area (TPSA) is 7.12 Å². The molecule has 2 nitrogen and oxygen atoms in total. The van der Waals surface area contributed by atoms with Crippen molar-refractivity contribution in [3.8, 4) is 0 Å². The molecule has 0 fully saturated rings. The number of allylic oxidation sites excluding steroid dienone is 2. The smallest absolute Gasteiger partial charge is 1.00 e. The van der Waals surface area contributed by atoms with Gasteiger partial charge in [-0.25, -0.2) is 0 Å².